The van der Waals surface area contributed by atoms with Crippen molar-refractivity contribution in [3.8, 4) is 0 Å². The number of aliphatic hydroxyl groups excluding tert-OH is 1. The number of amides is 1. The standard InChI is InChI=1S/C10H20N2O3/c1-7(2)9(11)10(14)12-3-4-15-8(5-12)6-13/h7-9,13H,3-6,11H2,1-2H3. The van der Waals surface area contributed by atoms with E-state index in [0.29, 0.717) is 19.7 Å². The van der Waals surface area contributed by atoms with Gasteiger partial charge in [0.05, 0.1) is 25.4 Å². The molecule has 5 heteroatoms. The number of carbonyl (C=O) groups excluding carboxylic acids is 1. The van der Waals surface area contributed by atoms with Crippen LogP contribution in [0.25, 0.3) is 0 Å². The number of hydrogen-bond donors (Lipinski definition) is 2. The van der Waals surface area contributed by atoms with Gasteiger partial charge in [-0.25, -0.2) is 0 Å². The first-order valence-corrected chi connectivity index (χ1v) is 5.33. The third kappa shape index (κ3) is 3.15. The van der Waals surface area contributed by atoms with Crippen LogP contribution in [0.15, 0.2) is 0 Å². The first-order chi connectivity index (χ1) is 7.06. The number of nitrogens with zero attached hydrogens (tertiary/aromatic N) is 1. The molecule has 2 atom stereocenters. The zero-order chi connectivity index (χ0) is 11.4. The van der Waals surface area contributed by atoms with Gasteiger partial charge in [-0.15, -0.1) is 0 Å². The highest BCUT2D eigenvalue weighted by atomic mass is 16.5. The van der Waals surface area contributed by atoms with E-state index in [0.717, 1.165) is 0 Å². The van der Waals surface area contributed by atoms with E-state index in [1.165, 1.54) is 0 Å². The van der Waals surface area contributed by atoms with Crippen LogP contribution in [-0.4, -0.2) is 54.4 Å². The predicted molar refractivity (Wildman–Crippen MR) is 56.2 cm³/mol. The molecule has 1 amide bonds. The Bertz CT molecular complexity index is 221. The van der Waals surface area contributed by atoms with Crippen molar-refractivity contribution in [1.29, 1.82) is 0 Å². The van der Waals surface area contributed by atoms with Crippen molar-refractivity contribution in [2.45, 2.75) is 26.0 Å². The molecule has 1 aliphatic rings. The molecule has 15 heavy (non-hydrogen) atoms. The highest BCUT2D eigenvalue weighted by Crippen LogP contribution is 2.09. The molecule has 1 fully saturated rings. The number of rotatable bonds is 3. The summed E-state index contributed by atoms with van der Waals surface area (Å²) >= 11 is 0. The maximum Gasteiger partial charge on any atom is 0.239 e. The van der Waals surface area contributed by atoms with E-state index in [2.05, 4.69) is 0 Å². The summed E-state index contributed by atoms with van der Waals surface area (Å²) in [5.74, 6) is 0.0830. The highest BCUT2D eigenvalue weighted by molar-refractivity contribution is 5.82. The fourth-order valence-corrected chi connectivity index (χ4v) is 1.53. The second-order valence-electron chi connectivity index (χ2n) is 4.23. The number of carbonyl (C=O) groups is 1. The minimum Gasteiger partial charge on any atom is -0.394 e. The Morgan fingerprint density at radius 2 is 2.33 bits per heavy atom. The normalized spacial score (nSPS) is 24.3. The molecular weight excluding hydrogens is 196 g/mol. The zero-order valence-corrected chi connectivity index (χ0v) is 9.35. The van der Waals surface area contributed by atoms with E-state index >= 15 is 0 Å². The van der Waals surface area contributed by atoms with Crippen LogP contribution in [0.2, 0.25) is 0 Å². The molecule has 2 unspecified atom stereocenters. The average Bonchev–Trinajstić information content (AvgIpc) is 2.27. The Morgan fingerprint density at radius 3 is 2.87 bits per heavy atom. The molecule has 0 radical (unpaired) electrons. The fraction of sp³-hybridized carbons (Fsp3) is 0.900. The number of aliphatic hydroxyl groups is 1. The first-order valence-electron chi connectivity index (χ1n) is 5.33. The zero-order valence-electron chi connectivity index (χ0n) is 9.35. The summed E-state index contributed by atoms with van der Waals surface area (Å²) in [4.78, 5) is 13.5. The van der Waals surface area contributed by atoms with Gasteiger partial charge in [-0.3, -0.25) is 4.79 Å². The van der Waals surface area contributed by atoms with E-state index < -0.39 is 6.04 Å². The van der Waals surface area contributed by atoms with E-state index in [4.69, 9.17) is 15.6 Å². The molecule has 0 aromatic rings. The molecule has 0 aliphatic carbocycles. The highest BCUT2D eigenvalue weighted by Gasteiger charge is 2.28. The van der Waals surface area contributed by atoms with Crippen molar-refractivity contribution in [1.82, 2.24) is 4.90 Å². The smallest absolute Gasteiger partial charge is 0.239 e. The fourth-order valence-electron chi connectivity index (χ4n) is 1.53. The summed E-state index contributed by atoms with van der Waals surface area (Å²) in [7, 11) is 0. The molecule has 0 aromatic heterocycles. The van der Waals surface area contributed by atoms with Crippen LogP contribution < -0.4 is 5.73 Å². The van der Waals surface area contributed by atoms with Crippen LogP contribution in [0, 0.1) is 5.92 Å². The third-order valence-corrected chi connectivity index (χ3v) is 2.66. The largest absolute Gasteiger partial charge is 0.394 e. The molecular formula is C10H20N2O3. The van der Waals surface area contributed by atoms with Crippen molar-refractivity contribution in [2.75, 3.05) is 26.3 Å². The lowest BCUT2D eigenvalue weighted by molar-refractivity contribution is -0.142. The van der Waals surface area contributed by atoms with Crippen LogP contribution in [-0.2, 0) is 9.53 Å². The van der Waals surface area contributed by atoms with Crippen LogP contribution in [0.1, 0.15) is 13.8 Å². The molecule has 3 N–H and O–H groups in total. The van der Waals surface area contributed by atoms with Gasteiger partial charge < -0.3 is 20.5 Å². The maximum atomic E-state index is 11.9. The topological polar surface area (TPSA) is 75.8 Å². The first kappa shape index (κ1) is 12.4. The monoisotopic (exact) mass is 216 g/mol. The summed E-state index contributed by atoms with van der Waals surface area (Å²) in [6.07, 6.45) is -0.262. The van der Waals surface area contributed by atoms with Crippen LogP contribution in [0.3, 0.4) is 0 Å². The minimum absolute atomic E-state index is 0.0493. The van der Waals surface area contributed by atoms with E-state index in [-0.39, 0.29) is 24.5 Å². The van der Waals surface area contributed by atoms with Crippen molar-refractivity contribution >= 4 is 5.91 Å². The van der Waals surface area contributed by atoms with E-state index in [9.17, 15) is 4.79 Å². The summed E-state index contributed by atoms with van der Waals surface area (Å²) in [5, 5.41) is 8.94. The molecule has 0 spiro atoms. The van der Waals surface area contributed by atoms with Gasteiger partial charge in [0.2, 0.25) is 5.91 Å². The lowest BCUT2D eigenvalue weighted by atomic mass is 10.0. The molecule has 88 valence electrons. The summed E-state index contributed by atoms with van der Waals surface area (Å²) in [6, 6.07) is -0.456. The van der Waals surface area contributed by atoms with Gasteiger partial charge in [0.1, 0.15) is 0 Å². The quantitative estimate of drug-likeness (QED) is 0.647. The Hall–Kier alpha value is -0.650. The number of ether oxygens (including phenoxy) is 1. The Kier molecular flexibility index (Phi) is 4.50. The Balaban J connectivity index is 2.52. The van der Waals surface area contributed by atoms with Crippen LogP contribution in [0.5, 0.6) is 0 Å². The van der Waals surface area contributed by atoms with Crippen molar-refractivity contribution in [2.24, 2.45) is 11.7 Å². The van der Waals surface area contributed by atoms with Gasteiger partial charge in [-0.1, -0.05) is 13.8 Å². The Morgan fingerprint density at radius 1 is 1.67 bits per heavy atom. The van der Waals surface area contributed by atoms with Gasteiger partial charge in [-0.05, 0) is 5.92 Å². The van der Waals surface area contributed by atoms with Gasteiger partial charge in [-0.2, -0.15) is 0 Å². The SMILES string of the molecule is CC(C)C(N)C(=O)N1CCOC(CO)C1. The molecule has 1 saturated heterocycles. The van der Waals surface area contributed by atoms with Gasteiger partial charge in [0, 0.05) is 13.1 Å². The Labute approximate surface area is 90.2 Å². The van der Waals surface area contributed by atoms with Gasteiger partial charge >= 0.3 is 0 Å². The second-order valence-corrected chi connectivity index (χ2v) is 4.23. The summed E-state index contributed by atoms with van der Waals surface area (Å²) < 4.78 is 5.26. The number of morpholine rings is 1. The van der Waals surface area contributed by atoms with Gasteiger partial charge in [0.25, 0.3) is 0 Å². The van der Waals surface area contributed by atoms with Crippen LogP contribution in [0.4, 0.5) is 0 Å². The predicted octanol–water partition coefficient (Wildman–Crippen LogP) is -0.811. The third-order valence-electron chi connectivity index (χ3n) is 2.66. The van der Waals surface area contributed by atoms with Gasteiger partial charge in [0.15, 0.2) is 0 Å². The van der Waals surface area contributed by atoms with E-state index in [1.54, 1.807) is 4.90 Å². The molecule has 0 bridgehead atoms. The minimum atomic E-state index is -0.456. The lowest BCUT2D eigenvalue weighted by Gasteiger charge is -2.34. The number of hydrogen-bond acceptors (Lipinski definition) is 4. The van der Waals surface area contributed by atoms with Crippen molar-refractivity contribution in [3.63, 3.8) is 0 Å². The van der Waals surface area contributed by atoms with Crippen molar-refractivity contribution < 1.29 is 14.6 Å². The molecule has 0 aromatic carbocycles. The number of nitrogens with two attached hydrogens (primary N) is 1. The molecule has 1 heterocycles. The van der Waals surface area contributed by atoms with Crippen LogP contribution >= 0.6 is 0 Å². The van der Waals surface area contributed by atoms with E-state index in [1.807, 2.05) is 13.8 Å². The molecule has 0 saturated carbocycles. The molecule has 1 rings (SSSR count). The second kappa shape index (κ2) is 5.44. The lowest BCUT2D eigenvalue weighted by Crippen LogP contribution is -2.53. The van der Waals surface area contributed by atoms with Crippen molar-refractivity contribution in [3.05, 3.63) is 0 Å². The average molecular weight is 216 g/mol. The molecule has 5 nitrogen and oxygen atoms in total. The maximum absolute atomic E-state index is 11.9. The summed E-state index contributed by atoms with van der Waals surface area (Å²) in [5.41, 5.74) is 5.78. The summed E-state index contributed by atoms with van der Waals surface area (Å²) in [6.45, 7) is 5.27. The molecule has 1 aliphatic heterocycles.